The summed E-state index contributed by atoms with van der Waals surface area (Å²) in [6.45, 7) is 1.62. The molecule has 9 heteroatoms. The lowest BCUT2D eigenvalue weighted by Gasteiger charge is -2.56. The summed E-state index contributed by atoms with van der Waals surface area (Å²) in [5, 5.41) is 16.8. The SMILES string of the molecule is Cc1ccc(C(=O)NC23CCC(NC(=O)COc4ccc(Cl)c(F)c4)(CC2)C[C@@H]3O)nc1. The van der Waals surface area contributed by atoms with Gasteiger partial charge in [0.1, 0.15) is 17.3 Å². The molecular formula is C23H25ClFN3O4. The molecule has 3 fully saturated rings. The van der Waals surface area contributed by atoms with Crippen LogP contribution >= 0.6 is 11.6 Å². The minimum atomic E-state index is -0.800. The fourth-order valence-corrected chi connectivity index (χ4v) is 4.72. The standard InChI is InChI=1S/C23H25ClFN3O4/c1-14-2-5-18(26-12-14)21(31)28-23-8-6-22(7-9-23,11-19(23)29)27-20(30)13-32-15-3-4-16(24)17(25)10-15/h2-5,10,12,19,29H,6-9,11,13H2,1H3,(H,27,30)(H,28,31)/t19-,22?,23?/m0/s1. The van der Waals surface area contributed by atoms with Crippen LogP contribution in [-0.4, -0.2) is 45.7 Å². The second-order valence-electron chi connectivity index (χ2n) is 8.74. The van der Waals surface area contributed by atoms with Crippen LogP contribution in [0.25, 0.3) is 0 Å². The van der Waals surface area contributed by atoms with Gasteiger partial charge in [-0.2, -0.15) is 0 Å². The molecule has 2 amide bonds. The molecule has 3 saturated carbocycles. The topological polar surface area (TPSA) is 101 Å². The quantitative estimate of drug-likeness (QED) is 0.614. The summed E-state index contributed by atoms with van der Waals surface area (Å²) in [6.07, 6.45) is 3.47. The van der Waals surface area contributed by atoms with Gasteiger partial charge in [0.2, 0.25) is 0 Å². The predicted molar refractivity (Wildman–Crippen MR) is 116 cm³/mol. The first kappa shape index (κ1) is 22.5. The largest absolute Gasteiger partial charge is 0.484 e. The molecule has 0 spiro atoms. The van der Waals surface area contributed by atoms with Crippen molar-refractivity contribution in [2.24, 2.45) is 0 Å². The highest BCUT2D eigenvalue weighted by Gasteiger charge is 2.55. The highest BCUT2D eigenvalue weighted by molar-refractivity contribution is 6.30. The number of halogens is 2. The summed E-state index contributed by atoms with van der Waals surface area (Å²) in [4.78, 5) is 29.3. The smallest absolute Gasteiger partial charge is 0.270 e. The van der Waals surface area contributed by atoms with Crippen LogP contribution in [0.4, 0.5) is 4.39 Å². The highest BCUT2D eigenvalue weighted by Crippen LogP contribution is 2.47. The van der Waals surface area contributed by atoms with Crippen molar-refractivity contribution in [3.63, 3.8) is 0 Å². The van der Waals surface area contributed by atoms with Crippen molar-refractivity contribution in [1.82, 2.24) is 15.6 Å². The maximum absolute atomic E-state index is 13.5. The number of nitrogens with zero attached hydrogens (tertiary/aromatic N) is 1. The van der Waals surface area contributed by atoms with Crippen LogP contribution in [0.1, 0.15) is 48.2 Å². The van der Waals surface area contributed by atoms with Crippen LogP contribution < -0.4 is 15.4 Å². The monoisotopic (exact) mass is 461 g/mol. The van der Waals surface area contributed by atoms with Gasteiger partial charge in [-0.1, -0.05) is 17.7 Å². The molecule has 1 atom stereocenters. The van der Waals surface area contributed by atoms with Crippen molar-refractivity contribution in [2.75, 3.05) is 6.61 Å². The summed E-state index contributed by atoms with van der Waals surface area (Å²) in [5.41, 5.74) is -0.0166. The van der Waals surface area contributed by atoms with Gasteiger partial charge in [0.05, 0.1) is 16.7 Å². The molecule has 0 saturated heterocycles. The summed E-state index contributed by atoms with van der Waals surface area (Å²) in [6, 6.07) is 7.46. The number of aromatic nitrogens is 1. The molecule has 3 aliphatic rings. The van der Waals surface area contributed by atoms with Gasteiger partial charge in [-0.15, -0.1) is 0 Å². The molecule has 0 radical (unpaired) electrons. The van der Waals surface area contributed by atoms with E-state index in [1.807, 2.05) is 13.0 Å². The van der Waals surface area contributed by atoms with Crippen molar-refractivity contribution in [1.29, 1.82) is 0 Å². The molecule has 1 aromatic heterocycles. The van der Waals surface area contributed by atoms with Crippen molar-refractivity contribution in [2.45, 2.75) is 56.2 Å². The number of hydrogen-bond donors (Lipinski definition) is 3. The van der Waals surface area contributed by atoms with Gasteiger partial charge < -0.3 is 20.5 Å². The third kappa shape index (κ3) is 4.56. The van der Waals surface area contributed by atoms with E-state index in [1.54, 1.807) is 12.3 Å². The number of aryl methyl sites for hydroxylation is 1. The summed E-state index contributed by atoms with van der Waals surface area (Å²) >= 11 is 5.65. The Bertz CT molecular complexity index is 1020. The Labute approximate surface area is 190 Å². The molecule has 1 aromatic carbocycles. The number of ether oxygens (including phenoxy) is 1. The normalized spacial score (nSPS) is 26.4. The van der Waals surface area contributed by atoms with Crippen LogP contribution in [0.15, 0.2) is 36.5 Å². The number of carbonyl (C=O) groups is 2. The van der Waals surface area contributed by atoms with E-state index >= 15 is 0 Å². The number of rotatable bonds is 6. The van der Waals surface area contributed by atoms with E-state index in [1.165, 1.54) is 12.1 Å². The fourth-order valence-electron chi connectivity index (χ4n) is 4.60. The number of fused-ring (bicyclic) bond motifs is 3. The number of hydrogen-bond acceptors (Lipinski definition) is 5. The first-order valence-electron chi connectivity index (χ1n) is 10.5. The number of nitrogens with one attached hydrogen (secondary N) is 2. The lowest BCUT2D eigenvalue weighted by Crippen LogP contribution is -2.70. The predicted octanol–water partition coefficient (Wildman–Crippen LogP) is 2.92. The van der Waals surface area contributed by atoms with Gasteiger partial charge in [-0.25, -0.2) is 4.39 Å². The van der Waals surface area contributed by atoms with Crippen molar-refractivity contribution in [3.05, 3.63) is 58.6 Å². The Morgan fingerprint density at radius 1 is 1.22 bits per heavy atom. The molecule has 170 valence electrons. The van der Waals surface area contributed by atoms with E-state index in [2.05, 4.69) is 15.6 Å². The molecule has 2 bridgehead atoms. The number of aliphatic hydroxyl groups excluding tert-OH is 1. The van der Waals surface area contributed by atoms with Gasteiger partial charge in [0.25, 0.3) is 11.8 Å². The molecule has 2 aromatic rings. The first-order valence-corrected chi connectivity index (χ1v) is 10.9. The molecule has 0 unspecified atom stereocenters. The zero-order valence-corrected chi connectivity index (χ0v) is 18.4. The van der Waals surface area contributed by atoms with Crippen LogP contribution in [0.5, 0.6) is 5.75 Å². The van der Waals surface area contributed by atoms with Crippen LogP contribution in [-0.2, 0) is 4.79 Å². The minimum Gasteiger partial charge on any atom is -0.484 e. The number of benzene rings is 1. The third-order valence-electron chi connectivity index (χ3n) is 6.49. The van der Waals surface area contributed by atoms with Gasteiger partial charge in [-0.05, 0) is 62.8 Å². The average Bonchev–Trinajstić information content (AvgIpc) is 2.76. The number of amides is 2. The second-order valence-corrected chi connectivity index (χ2v) is 9.15. The molecule has 3 N–H and O–H groups in total. The molecule has 0 aliphatic heterocycles. The Morgan fingerprint density at radius 2 is 1.97 bits per heavy atom. The van der Waals surface area contributed by atoms with E-state index in [0.29, 0.717) is 37.8 Å². The molecule has 3 aliphatic carbocycles. The van der Waals surface area contributed by atoms with Crippen LogP contribution in [0.2, 0.25) is 5.02 Å². The zero-order valence-electron chi connectivity index (χ0n) is 17.7. The molecular weight excluding hydrogens is 437 g/mol. The van der Waals surface area contributed by atoms with Crippen molar-refractivity contribution >= 4 is 23.4 Å². The average molecular weight is 462 g/mol. The number of pyridine rings is 1. The minimum absolute atomic E-state index is 0.0205. The van der Waals surface area contributed by atoms with E-state index in [9.17, 15) is 19.1 Å². The van der Waals surface area contributed by atoms with Gasteiger partial charge in [0, 0.05) is 17.8 Å². The molecule has 5 rings (SSSR count). The van der Waals surface area contributed by atoms with E-state index in [4.69, 9.17) is 16.3 Å². The Morgan fingerprint density at radius 3 is 2.59 bits per heavy atom. The van der Waals surface area contributed by atoms with E-state index in [0.717, 1.165) is 11.6 Å². The number of aliphatic hydroxyl groups is 1. The zero-order chi connectivity index (χ0) is 22.9. The Balaban J connectivity index is 1.34. The maximum Gasteiger partial charge on any atom is 0.270 e. The molecule has 7 nitrogen and oxygen atoms in total. The summed E-state index contributed by atoms with van der Waals surface area (Å²) < 4.78 is 18.9. The van der Waals surface area contributed by atoms with Crippen molar-refractivity contribution < 1.29 is 23.8 Å². The van der Waals surface area contributed by atoms with Gasteiger partial charge >= 0.3 is 0 Å². The lowest BCUT2D eigenvalue weighted by atomic mass is 9.60. The second kappa shape index (κ2) is 8.67. The van der Waals surface area contributed by atoms with Crippen LogP contribution in [0.3, 0.4) is 0 Å². The molecule has 32 heavy (non-hydrogen) atoms. The summed E-state index contributed by atoms with van der Waals surface area (Å²) in [7, 11) is 0. The Hall–Kier alpha value is -2.71. The number of carbonyl (C=O) groups excluding carboxylic acids is 2. The molecule has 1 heterocycles. The Kier molecular flexibility index (Phi) is 6.09. The third-order valence-corrected chi connectivity index (χ3v) is 6.80. The maximum atomic E-state index is 13.5. The highest BCUT2D eigenvalue weighted by atomic mass is 35.5. The van der Waals surface area contributed by atoms with Gasteiger partial charge in [-0.3, -0.25) is 14.6 Å². The fraction of sp³-hybridized carbons (Fsp3) is 0.435. The first-order chi connectivity index (χ1) is 15.2. The van der Waals surface area contributed by atoms with Crippen LogP contribution in [0, 0.1) is 12.7 Å². The summed E-state index contributed by atoms with van der Waals surface area (Å²) in [5.74, 6) is -1.08. The van der Waals surface area contributed by atoms with E-state index in [-0.39, 0.29) is 29.2 Å². The van der Waals surface area contributed by atoms with Gasteiger partial charge in [0.15, 0.2) is 6.61 Å². The van der Waals surface area contributed by atoms with E-state index < -0.39 is 23.0 Å². The lowest BCUT2D eigenvalue weighted by molar-refractivity contribution is -0.129. The van der Waals surface area contributed by atoms with Crippen molar-refractivity contribution in [3.8, 4) is 5.75 Å².